The maximum Gasteiger partial charge on any atom is 0.414 e. The molecular weight excluding hydrogens is 381 g/mol. The smallest absolute Gasteiger partial charge is 0.414 e. The summed E-state index contributed by atoms with van der Waals surface area (Å²) in [5.41, 5.74) is 9.23. The number of hydrogen-bond donors (Lipinski definition) is 1. The normalized spacial score (nSPS) is 15.4. The van der Waals surface area contributed by atoms with Crippen LogP contribution in [0.15, 0.2) is 54.7 Å². The van der Waals surface area contributed by atoms with Crippen LogP contribution in [0.1, 0.15) is 31.9 Å². The molecule has 30 heavy (non-hydrogen) atoms. The molecule has 1 fully saturated rings. The second-order valence-electron chi connectivity index (χ2n) is 8.63. The van der Waals surface area contributed by atoms with Gasteiger partial charge in [-0.05, 0) is 55.7 Å². The summed E-state index contributed by atoms with van der Waals surface area (Å²) in [5, 5.41) is 0. The van der Waals surface area contributed by atoms with Crippen molar-refractivity contribution in [3.8, 4) is 11.1 Å². The summed E-state index contributed by atoms with van der Waals surface area (Å²) in [7, 11) is 0. The van der Waals surface area contributed by atoms with Gasteiger partial charge >= 0.3 is 6.09 Å². The van der Waals surface area contributed by atoms with Crippen LogP contribution < -0.4 is 5.73 Å². The Balaban J connectivity index is 1.68. The fourth-order valence-electron chi connectivity index (χ4n) is 3.51. The van der Waals surface area contributed by atoms with Gasteiger partial charge in [-0.1, -0.05) is 30.8 Å². The number of nitrogens with zero attached hydrogens (tertiary/aromatic N) is 2. The van der Waals surface area contributed by atoms with Crippen LogP contribution in [0.3, 0.4) is 0 Å². The number of carbonyl (C=O) groups is 1. The van der Waals surface area contributed by atoms with E-state index in [4.69, 9.17) is 10.5 Å². The minimum Gasteiger partial charge on any atom is -0.443 e. The summed E-state index contributed by atoms with van der Waals surface area (Å²) < 4.78 is 19.8. The zero-order valence-corrected chi connectivity index (χ0v) is 18.0. The number of nitrogens with two attached hydrogens (primary N) is 1. The van der Waals surface area contributed by atoms with Crippen molar-refractivity contribution in [3.05, 3.63) is 71.7 Å². The number of rotatable bonds is 4. The fraction of sp³-hybridized carbons (Fsp3) is 0.375. The van der Waals surface area contributed by atoms with Crippen LogP contribution in [0.25, 0.3) is 11.1 Å². The summed E-state index contributed by atoms with van der Waals surface area (Å²) in [5.74, 6) is -0.260. The molecule has 0 radical (unpaired) electrons. The molecule has 0 unspecified atom stereocenters. The Morgan fingerprint density at radius 2 is 1.93 bits per heavy atom. The Bertz CT molecular complexity index is 936. The third kappa shape index (κ3) is 5.46. The molecule has 3 rings (SSSR count). The summed E-state index contributed by atoms with van der Waals surface area (Å²) in [6, 6.07) is 12.8. The quantitative estimate of drug-likeness (QED) is 0.804. The minimum atomic E-state index is -0.536. The van der Waals surface area contributed by atoms with Crippen molar-refractivity contribution in [2.45, 2.75) is 39.5 Å². The van der Waals surface area contributed by atoms with E-state index >= 15 is 0 Å². The molecule has 2 aromatic rings. The number of hydrogen-bond acceptors (Lipinski definition) is 4. The Kier molecular flexibility index (Phi) is 6.58. The van der Waals surface area contributed by atoms with Crippen molar-refractivity contribution in [1.82, 2.24) is 9.80 Å². The Hall–Kier alpha value is -2.70. The molecule has 0 aromatic heterocycles. The van der Waals surface area contributed by atoms with Crippen LogP contribution in [0.2, 0.25) is 0 Å². The largest absolute Gasteiger partial charge is 0.443 e. The molecule has 1 aliphatic heterocycles. The zero-order valence-electron chi connectivity index (χ0n) is 18.0. The van der Waals surface area contributed by atoms with Crippen molar-refractivity contribution in [1.29, 1.82) is 0 Å². The second kappa shape index (κ2) is 8.98. The van der Waals surface area contributed by atoms with E-state index in [1.165, 1.54) is 6.07 Å². The van der Waals surface area contributed by atoms with E-state index in [0.717, 1.165) is 16.7 Å². The van der Waals surface area contributed by atoms with Gasteiger partial charge in [0.1, 0.15) is 11.4 Å². The third-order valence-corrected chi connectivity index (χ3v) is 4.95. The molecule has 1 aliphatic rings. The molecule has 1 amide bonds. The van der Waals surface area contributed by atoms with Crippen LogP contribution in [-0.4, -0.2) is 41.1 Å². The third-order valence-electron chi connectivity index (χ3n) is 4.95. The molecule has 0 atom stereocenters. The summed E-state index contributed by atoms with van der Waals surface area (Å²) >= 11 is 0. The number of carbonyl (C=O) groups excluding carboxylic acids is 1. The molecule has 1 heterocycles. The highest BCUT2D eigenvalue weighted by molar-refractivity contribution is 5.70. The zero-order chi connectivity index (χ0) is 21.9. The average Bonchev–Trinajstić information content (AvgIpc) is 2.67. The van der Waals surface area contributed by atoms with Crippen molar-refractivity contribution >= 4 is 6.09 Å². The van der Waals surface area contributed by atoms with E-state index in [2.05, 4.69) is 11.5 Å². The Labute approximate surface area is 177 Å². The van der Waals surface area contributed by atoms with Gasteiger partial charge in [0.25, 0.3) is 0 Å². The molecule has 0 aliphatic carbocycles. The van der Waals surface area contributed by atoms with E-state index in [-0.39, 0.29) is 11.9 Å². The van der Waals surface area contributed by atoms with Crippen LogP contribution in [0, 0.1) is 5.82 Å². The lowest BCUT2D eigenvalue weighted by Crippen LogP contribution is -2.47. The summed E-state index contributed by atoms with van der Waals surface area (Å²) in [6.45, 7) is 12.5. The van der Waals surface area contributed by atoms with Crippen LogP contribution >= 0.6 is 0 Å². The van der Waals surface area contributed by atoms with Crippen molar-refractivity contribution in [3.63, 3.8) is 0 Å². The standard InChI is InChI=1S/C24H30FN3O2/c1-17-15-27(10-11-28(17)23(29)30-24(2,3)4)16-19-6-5-7-20(12-19)21-13-18(14-26)8-9-22(21)25/h5-9,12-13H,1,10-11,14-16,26H2,2-4H3. The van der Waals surface area contributed by atoms with Crippen LogP contribution in [0.4, 0.5) is 9.18 Å². The lowest BCUT2D eigenvalue weighted by Gasteiger charge is -2.37. The number of benzene rings is 2. The van der Waals surface area contributed by atoms with Crippen molar-refractivity contribution in [2.75, 3.05) is 19.6 Å². The lowest BCUT2D eigenvalue weighted by molar-refractivity contribution is 0.0238. The SMILES string of the molecule is C=C1CN(Cc2cccc(-c3cc(CN)ccc3F)c2)CCN1C(=O)OC(C)(C)C. The number of halogens is 1. The molecule has 1 saturated heterocycles. The van der Waals surface area contributed by atoms with Gasteiger partial charge < -0.3 is 10.5 Å². The van der Waals surface area contributed by atoms with Gasteiger partial charge in [0.05, 0.1) is 0 Å². The van der Waals surface area contributed by atoms with Gasteiger partial charge in [-0.25, -0.2) is 9.18 Å². The molecule has 6 heteroatoms. The molecule has 0 spiro atoms. The highest BCUT2D eigenvalue weighted by Gasteiger charge is 2.28. The molecule has 2 N–H and O–H groups in total. The van der Waals surface area contributed by atoms with E-state index in [1.807, 2.05) is 45.0 Å². The van der Waals surface area contributed by atoms with Crippen LogP contribution in [0.5, 0.6) is 0 Å². The fourth-order valence-corrected chi connectivity index (χ4v) is 3.51. The first-order valence-electron chi connectivity index (χ1n) is 10.1. The summed E-state index contributed by atoms with van der Waals surface area (Å²) in [6.07, 6.45) is -0.357. The van der Waals surface area contributed by atoms with E-state index in [1.54, 1.807) is 17.0 Å². The number of amides is 1. The number of ether oxygens (including phenoxy) is 1. The maximum absolute atomic E-state index is 14.4. The lowest BCUT2D eigenvalue weighted by atomic mass is 10.00. The molecule has 0 bridgehead atoms. The number of piperazine rings is 1. The van der Waals surface area contributed by atoms with E-state index in [9.17, 15) is 9.18 Å². The first-order valence-corrected chi connectivity index (χ1v) is 10.1. The predicted octanol–water partition coefficient (Wildman–Crippen LogP) is 4.52. The highest BCUT2D eigenvalue weighted by Crippen LogP contribution is 2.26. The predicted molar refractivity (Wildman–Crippen MR) is 117 cm³/mol. The topological polar surface area (TPSA) is 58.8 Å². The van der Waals surface area contributed by atoms with Crippen molar-refractivity contribution in [2.24, 2.45) is 5.73 Å². The van der Waals surface area contributed by atoms with Gasteiger partial charge in [-0.2, -0.15) is 0 Å². The first kappa shape index (κ1) is 22.0. The van der Waals surface area contributed by atoms with Gasteiger partial charge in [-0.3, -0.25) is 9.80 Å². The molecule has 5 nitrogen and oxygen atoms in total. The first-order chi connectivity index (χ1) is 14.2. The van der Waals surface area contributed by atoms with Gasteiger partial charge in [-0.15, -0.1) is 0 Å². The highest BCUT2D eigenvalue weighted by atomic mass is 19.1. The minimum absolute atomic E-state index is 0.260. The van der Waals surface area contributed by atoms with Gasteiger partial charge in [0.15, 0.2) is 0 Å². The second-order valence-corrected chi connectivity index (χ2v) is 8.63. The Morgan fingerprint density at radius 1 is 1.17 bits per heavy atom. The molecule has 0 saturated carbocycles. The Morgan fingerprint density at radius 3 is 2.60 bits per heavy atom. The molecular formula is C24H30FN3O2. The molecule has 160 valence electrons. The van der Waals surface area contributed by atoms with Crippen molar-refractivity contribution < 1.29 is 13.9 Å². The van der Waals surface area contributed by atoms with E-state index < -0.39 is 5.60 Å². The van der Waals surface area contributed by atoms with E-state index in [0.29, 0.717) is 44.0 Å². The van der Waals surface area contributed by atoms with Gasteiger partial charge in [0, 0.05) is 44.0 Å². The van der Waals surface area contributed by atoms with Crippen LogP contribution in [-0.2, 0) is 17.8 Å². The summed E-state index contributed by atoms with van der Waals surface area (Å²) in [4.78, 5) is 16.2. The maximum atomic E-state index is 14.4. The van der Waals surface area contributed by atoms with Gasteiger partial charge in [0.2, 0.25) is 0 Å². The average molecular weight is 412 g/mol. The monoisotopic (exact) mass is 411 g/mol. The molecule has 2 aromatic carbocycles.